The van der Waals surface area contributed by atoms with Crippen molar-refractivity contribution in [1.29, 1.82) is 0 Å². The molecule has 0 unspecified atom stereocenters. The monoisotopic (exact) mass is 2050 g/mol. The maximum absolute atomic E-state index is 17.2. The second-order valence-corrected chi connectivity index (χ2v) is 36.5. The van der Waals surface area contributed by atoms with E-state index in [1.54, 1.807) is 0 Å². The lowest BCUT2D eigenvalue weighted by Gasteiger charge is -2.48. The molecule has 0 aliphatic carbocycles. The second-order valence-electron chi connectivity index (χ2n) is 36.5. The first-order valence-electron chi connectivity index (χ1n) is 46.0. The van der Waals surface area contributed by atoms with Crippen LogP contribution in [0.2, 0.25) is 0 Å². The molecule has 6 amide bonds. The summed E-state index contributed by atoms with van der Waals surface area (Å²) >= 11 is 0. The van der Waals surface area contributed by atoms with Gasteiger partial charge in [-0.15, -0.1) is 0 Å². The molecule has 12 heterocycles. The van der Waals surface area contributed by atoms with Crippen LogP contribution < -0.4 is 67.1 Å². The molecule has 12 aliphatic heterocycles. The van der Waals surface area contributed by atoms with Crippen molar-refractivity contribution in [1.82, 2.24) is 31.9 Å². The molecule has 788 valence electrons. The van der Waals surface area contributed by atoms with Gasteiger partial charge in [-0.05, 0) is 126 Å². The molecule has 17 bridgehead atoms. The van der Waals surface area contributed by atoms with E-state index >= 15 is 24.0 Å². The summed E-state index contributed by atoms with van der Waals surface area (Å²) in [4.78, 5) is 112. The summed E-state index contributed by atoms with van der Waals surface area (Å²) in [5.41, 5.74) is 9.14. The maximum atomic E-state index is 17.2. The van der Waals surface area contributed by atoms with E-state index in [4.69, 9.17) is 87.3 Å². The predicted octanol–water partition coefficient (Wildman–Crippen LogP) is -6.89. The Morgan fingerprint density at radius 3 is 1.60 bits per heavy atom. The van der Waals surface area contributed by atoms with Gasteiger partial charge < -0.3 is 226 Å². The van der Waals surface area contributed by atoms with E-state index in [9.17, 15) is 117 Å². The summed E-state index contributed by atoms with van der Waals surface area (Å²) in [5, 5.41) is 256. The van der Waals surface area contributed by atoms with Crippen LogP contribution >= 0.6 is 0 Å². The van der Waals surface area contributed by atoms with E-state index in [0.717, 1.165) is 98.1 Å². The molecule has 19 rings (SSSR count). The van der Waals surface area contributed by atoms with Crippen LogP contribution in [0.4, 0.5) is 0 Å². The molecule has 52 nitrogen and oxygen atoms in total. The van der Waals surface area contributed by atoms with Crippen LogP contribution in [0, 0.1) is 6.92 Å². The SMILES string of the molecule is COC(=O)[C@H]1NC(=O)[C@H]2NC(=O)[C@H](NC(=O)[C@@H]3NC(=O)[C@H]4NC(=O)[C@H](NC(=O)[C@H](N)c5ccc(O)c(c5)Oc5cc4cc(O)c5C)[C@H](O)c4ccc(cc4)Oc4cc3cc(c4O[C@@H]3O[C@H](CO[C@@H]4O[C@@H](C)[C@H](O)[C@@H](O)[C@H]4O)[C@@H](O)[C@H](O)[C@H]3O[C@H]3O[C@H](CO)[C@@H](O)[C@H](O)[C@@H]3O[C@@H]3OC[C@@H](O)[C@@H](O)[C@@H]3O)Oc3ccc(cc3)[C@H]2O[C@H]2C[C@@H](N)[C@@H](O)CO2)c2ccc(O)c(c2)-c2c(O[C@@H]3O[C@H](CO)[C@@H](O)[C@H](O)[C@@H]3O)cc(O)cc21. The molecule has 0 saturated carbocycles. The van der Waals surface area contributed by atoms with Gasteiger partial charge in [-0.3, -0.25) is 28.8 Å². The number of hydrogen-bond acceptors (Lipinski definition) is 46. The summed E-state index contributed by atoms with van der Waals surface area (Å²) in [7, 11) is 0.872. The maximum Gasteiger partial charge on any atom is 0.333 e. The summed E-state index contributed by atoms with van der Waals surface area (Å²) in [6.07, 6.45) is -57.3. The van der Waals surface area contributed by atoms with Crippen LogP contribution in [-0.2, 0) is 85.7 Å². The lowest BCUT2D eigenvalue weighted by molar-refractivity contribution is -0.385. The molecule has 7 aromatic carbocycles. The van der Waals surface area contributed by atoms with Crippen molar-refractivity contribution in [2.75, 3.05) is 40.1 Å². The van der Waals surface area contributed by atoms with Crippen molar-refractivity contribution in [3.63, 3.8) is 0 Å². The second kappa shape index (κ2) is 43.3. The average Bonchev–Trinajstić information content (AvgIpc) is 0.785. The Morgan fingerprint density at radius 1 is 0.432 bits per heavy atom. The lowest BCUT2D eigenvalue weighted by Crippen LogP contribution is -2.67. The number of carbonyl (C=O) groups is 7. The molecular weight excluding hydrogens is 1950 g/mol. The Hall–Kier alpha value is -12.1. The van der Waals surface area contributed by atoms with Crippen molar-refractivity contribution in [3.8, 4) is 80.1 Å². The zero-order chi connectivity index (χ0) is 104. The van der Waals surface area contributed by atoms with Gasteiger partial charge in [0.2, 0.25) is 53.8 Å². The fourth-order valence-electron chi connectivity index (χ4n) is 18.3. The van der Waals surface area contributed by atoms with E-state index in [-0.39, 0.29) is 45.9 Å². The molecule has 0 spiro atoms. The number of methoxy groups -OCH3 is 1. The standard InChI is InChI=1S/C94H108N8O44/c1-30-46(108)17-36-19-49(30)138-50-18-34(8-15-45(50)107)59(96)83(124)101-64-67(112)32-4-10-39(11-5-32)136-52-20-37-21-53(80(52)144-94-82(75(120)71(116)56(142-94)29-134-90-77(122)72(117)66(111)31(2)135-90)146-93-81(74(119)70(115)55(26-104)141-93)145-91-76(121)68(113)48(110)28-133-91)137-40-12-6-33(7-13-40)79(143-57-24-43(95)47(109)27-132-57)65-88(129)100-63(89(130)131-3)42-22-38(105)23-51(139-92-78(123)73(118)69(114)54(25-103)140-92)58(42)41-16-35(9-14-44(41)106)60(84(125)102-65)97-86(127)62(37)98-85(126)61(36)99-87(64)128/h4-23,31,43,47-48,54-57,59-79,81-82,90-94,103-123H,24-29,95-96H2,1-3H3,(H,97,127)(H,98,126)(H,99,128)(H,100,129)(H,101,124)(H,102,125)/t31-,43+,47-,48+,54+,55+,56+,57-,59+,60+,61-,62+,63-,64+,65-,66-,67+,68+,69+,70+,71+,72+,73-,74-,75-,76-,77+,78-,79+,81-,82+,90+,91-,92+,93+,94-/m0/s1. The van der Waals surface area contributed by atoms with E-state index in [2.05, 4.69) is 31.9 Å². The zero-order valence-corrected chi connectivity index (χ0v) is 77.0. The highest BCUT2D eigenvalue weighted by Gasteiger charge is 2.57. The number of amides is 6. The number of nitrogens with one attached hydrogen (secondary N) is 6. The van der Waals surface area contributed by atoms with Crippen molar-refractivity contribution in [2.45, 2.75) is 241 Å². The van der Waals surface area contributed by atoms with Crippen molar-refractivity contribution in [3.05, 3.63) is 166 Å². The van der Waals surface area contributed by atoms with Crippen LogP contribution in [0.5, 0.6) is 69.0 Å². The van der Waals surface area contributed by atoms with Gasteiger partial charge in [0, 0.05) is 40.8 Å². The van der Waals surface area contributed by atoms with Crippen molar-refractivity contribution in [2.24, 2.45) is 11.5 Å². The third-order valence-corrected chi connectivity index (χ3v) is 26.8. The zero-order valence-electron chi connectivity index (χ0n) is 77.0. The third-order valence-electron chi connectivity index (χ3n) is 26.8. The molecule has 36 atom stereocenters. The largest absolute Gasteiger partial charge is 0.508 e. The van der Waals surface area contributed by atoms with Crippen LogP contribution in [0.25, 0.3) is 11.1 Å². The van der Waals surface area contributed by atoms with Crippen molar-refractivity contribution >= 4 is 41.4 Å². The smallest absolute Gasteiger partial charge is 0.333 e. The van der Waals surface area contributed by atoms with Gasteiger partial charge in [-0.1, -0.05) is 36.4 Å². The van der Waals surface area contributed by atoms with Gasteiger partial charge in [-0.25, -0.2) is 4.79 Å². The molecule has 12 aliphatic rings. The van der Waals surface area contributed by atoms with Gasteiger partial charge in [-0.2, -0.15) is 0 Å². The van der Waals surface area contributed by atoms with Crippen molar-refractivity contribution < 1.29 is 217 Å². The number of aliphatic hydroxyl groups is 17. The number of esters is 1. The molecule has 52 heteroatoms. The van der Waals surface area contributed by atoms with Gasteiger partial charge in [0.1, 0.15) is 192 Å². The molecule has 146 heavy (non-hydrogen) atoms. The number of hydrogen-bond donors (Lipinski definition) is 29. The molecule has 6 saturated heterocycles. The van der Waals surface area contributed by atoms with Crippen LogP contribution in [-0.4, -0.2) is 367 Å². The number of ether oxygens (including phenoxy) is 16. The minimum atomic E-state index is -2.60. The molecule has 31 N–H and O–H groups in total. The summed E-state index contributed by atoms with van der Waals surface area (Å²) in [5.74, 6) is -17.7. The van der Waals surface area contributed by atoms with E-state index < -0.39 is 380 Å². The van der Waals surface area contributed by atoms with Crippen LogP contribution in [0.1, 0.15) is 100 Å². The van der Waals surface area contributed by atoms with Gasteiger partial charge in [0.05, 0.1) is 52.4 Å². The molecule has 0 radical (unpaired) electrons. The van der Waals surface area contributed by atoms with E-state index in [1.165, 1.54) is 44.2 Å². The first-order valence-corrected chi connectivity index (χ1v) is 46.0. The number of fused-ring (bicyclic) bond motifs is 14. The molecular formula is C94H108N8O44. The van der Waals surface area contributed by atoms with E-state index in [1.807, 2.05) is 0 Å². The Morgan fingerprint density at radius 2 is 0.952 bits per heavy atom. The lowest BCUT2D eigenvalue weighted by atomic mass is 9.89. The Kier molecular flexibility index (Phi) is 31.2. The molecule has 7 aromatic rings. The van der Waals surface area contributed by atoms with Gasteiger partial charge in [0.15, 0.2) is 60.3 Å². The quantitative estimate of drug-likeness (QED) is 0.0400. The molecule has 0 aromatic heterocycles. The normalized spacial score (nSPS) is 35.8. The fraction of sp³-hybridized carbons (Fsp3) is 0.479. The number of phenols is 4. The number of rotatable bonds is 16. The number of aromatic hydroxyl groups is 4. The first kappa shape index (κ1) is 105. The minimum Gasteiger partial charge on any atom is -0.508 e. The number of carbonyl (C=O) groups excluding carboxylic acids is 7. The Labute approximate surface area is 824 Å². The summed E-state index contributed by atoms with van der Waals surface area (Å²) in [6, 6.07) is 4.24. The number of benzene rings is 7. The number of aliphatic hydroxyl groups excluding tert-OH is 17. The van der Waals surface area contributed by atoms with Gasteiger partial charge >= 0.3 is 5.97 Å². The summed E-state index contributed by atoms with van der Waals surface area (Å²) < 4.78 is 99.4. The highest BCUT2D eigenvalue weighted by molar-refractivity contribution is 6.00. The Balaban J connectivity index is 0.905. The summed E-state index contributed by atoms with van der Waals surface area (Å²) in [6.45, 7) is -1.80. The Bertz CT molecular complexity index is 5980. The van der Waals surface area contributed by atoms with Crippen LogP contribution in [0.3, 0.4) is 0 Å². The topological polar surface area (TPSA) is 816 Å². The predicted molar refractivity (Wildman–Crippen MR) is 478 cm³/mol. The third kappa shape index (κ3) is 21.1. The fourth-order valence-corrected chi connectivity index (χ4v) is 18.3. The van der Waals surface area contributed by atoms with Crippen LogP contribution in [0.15, 0.2) is 121 Å². The average molecular weight is 2050 g/mol. The van der Waals surface area contributed by atoms with E-state index in [0.29, 0.717) is 0 Å². The van der Waals surface area contributed by atoms with Gasteiger partial charge in [0.25, 0.3) is 0 Å². The molecule has 6 fully saturated rings. The minimum absolute atomic E-state index is 0.0670. The number of phenolic OH excluding ortho intramolecular Hbond substituents is 4. The highest BCUT2D eigenvalue weighted by atomic mass is 16.8. The highest BCUT2D eigenvalue weighted by Crippen LogP contribution is 2.51. The number of nitrogens with two attached hydrogens (primary N) is 2. The first-order chi connectivity index (χ1) is 69.6.